The van der Waals surface area contributed by atoms with Gasteiger partial charge in [0.05, 0.1) is 0 Å². The largest absolute Gasteiger partial charge is 0.444 e. The van der Waals surface area contributed by atoms with Crippen LogP contribution in [0.2, 0.25) is 0 Å². The normalized spacial score (nSPS) is 11.0. The molecule has 0 radical (unpaired) electrons. The molecule has 2 amide bonds. The molecule has 4 N–H and O–H groups in total. The van der Waals surface area contributed by atoms with Crippen molar-refractivity contribution in [2.75, 3.05) is 14.1 Å². The Kier molecular flexibility index (Phi) is 5.76. The van der Waals surface area contributed by atoms with E-state index in [9.17, 15) is 9.59 Å². The standard InChI is InChI=1S/C9H20N4O3/c1-9(2,16-8(10)15)6-5-7(14)13(11-3)12-4/h11-12H,5-6H2,1-4H3,(H2,10,15). The van der Waals surface area contributed by atoms with Crippen LogP contribution < -0.4 is 16.6 Å². The summed E-state index contributed by atoms with van der Waals surface area (Å²) in [4.78, 5) is 22.2. The smallest absolute Gasteiger partial charge is 0.405 e. The second kappa shape index (κ2) is 6.29. The predicted molar refractivity (Wildman–Crippen MR) is 58.9 cm³/mol. The van der Waals surface area contributed by atoms with E-state index in [0.717, 1.165) is 0 Å². The van der Waals surface area contributed by atoms with Gasteiger partial charge < -0.3 is 10.5 Å². The van der Waals surface area contributed by atoms with Gasteiger partial charge in [-0.2, -0.15) is 0 Å². The fraction of sp³-hybridized carbons (Fsp3) is 0.778. The molecule has 0 unspecified atom stereocenters. The lowest BCUT2D eigenvalue weighted by Gasteiger charge is -2.25. The summed E-state index contributed by atoms with van der Waals surface area (Å²) in [6.45, 7) is 3.41. The zero-order valence-electron chi connectivity index (χ0n) is 10.2. The first-order valence-corrected chi connectivity index (χ1v) is 4.98. The number of nitrogens with zero attached hydrogens (tertiary/aromatic N) is 1. The summed E-state index contributed by atoms with van der Waals surface area (Å²) in [5, 5.41) is 1.25. The maximum absolute atomic E-state index is 11.6. The van der Waals surface area contributed by atoms with Gasteiger partial charge in [-0.15, -0.1) is 0 Å². The van der Waals surface area contributed by atoms with Crippen molar-refractivity contribution >= 4 is 12.0 Å². The highest BCUT2D eigenvalue weighted by molar-refractivity contribution is 5.75. The number of carbonyl (C=O) groups is 2. The third-order valence-electron chi connectivity index (χ3n) is 2.01. The number of hydrogen-bond acceptors (Lipinski definition) is 5. The van der Waals surface area contributed by atoms with Gasteiger partial charge in [0.1, 0.15) is 5.60 Å². The summed E-state index contributed by atoms with van der Waals surface area (Å²) in [7, 11) is 3.25. The number of primary amides is 1. The van der Waals surface area contributed by atoms with E-state index < -0.39 is 11.7 Å². The van der Waals surface area contributed by atoms with Gasteiger partial charge in [-0.1, -0.05) is 0 Å². The quantitative estimate of drug-likeness (QED) is 0.548. The maximum Gasteiger partial charge on any atom is 0.405 e. The number of ether oxygens (including phenoxy) is 1. The molecule has 0 atom stereocenters. The number of rotatable bonds is 6. The van der Waals surface area contributed by atoms with Crippen LogP contribution in [-0.2, 0) is 9.53 Å². The first kappa shape index (κ1) is 14.7. The molecule has 0 fully saturated rings. The molecule has 0 aliphatic heterocycles. The van der Waals surface area contributed by atoms with Gasteiger partial charge in [-0.3, -0.25) is 4.79 Å². The number of hydrazine groups is 2. The molecular weight excluding hydrogens is 212 g/mol. The molecule has 0 rings (SSSR count). The Morgan fingerprint density at radius 3 is 2.19 bits per heavy atom. The van der Waals surface area contributed by atoms with Gasteiger partial charge in [0, 0.05) is 20.5 Å². The van der Waals surface area contributed by atoms with Crippen LogP contribution in [0.4, 0.5) is 4.79 Å². The lowest BCUT2D eigenvalue weighted by atomic mass is 10.0. The molecule has 0 aromatic rings. The highest BCUT2D eigenvalue weighted by atomic mass is 16.6. The van der Waals surface area contributed by atoms with Crippen LogP contribution in [0.5, 0.6) is 0 Å². The van der Waals surface area contributed by atoms with E-state index in [2.05, 4.69) is 10.9 Å². The van der Waals surface area contributed by atoms with Crippen LogP contribution >= 0.6 is 0 Å². The van der Waals surface area contributed by atoms with E-state index in [0.29, 0.717) is 6.42 Å². The zero-order valence-corrected chi connectivity index (χ0v) is 10.2. The third kappa shape index (κ3) is 5.52. The third-order valence-corrected chi connectivity index (χ3v) is 2.01. The molecule has 94 valence electrons. The lowest BCUT2D eigenvalue weighted by Crippen LogP contribution is -2.48. The van der Waals surface area contributed by atoms with Crippen LogP contribution in [-0.4, -0.2) is 36.8 Å². The van der Waals surface area contributed by atoms with E-state index in [1.807, 2.05) is 0 Å². The fourth-order valence-electron chi connectivity index (χ4n) is 1.20. The second-order valence-electron chi connectivity index (χ2n) is 3.86. The van der Waals surface area contributed by atoms with Gasteiger partial charge in [0.2, 0.25) is 0 Å². The Morgan fingerprint density at radius 2 is 1.81 bits per heavy atom. The van der Waals surface area contributed by atoms with E-state index in [1.54, 1.807) is 27.9 Å². The van der Waals surface area contributed by atoms with Gasteiger partial charge >= 0.3 is 6.09 Å². The van der Waals surface area contributed by atoms with E-state index in [-0.39, 0.29) is 12.3 Å². The second-order valence-corrected chi connectivity index (χ2v) is 3.86. The van der Waals surface area contributed by atoms with Crippen molar-refractivity contribution in [1.29, 1.82) is 0 Å². The Labute approximate surface area is 95.2 Å². The highest BCUT2D eigenvalue weighted by Gasteiger charge is 2.24. The van der Waals surface area contributed by atoms with Gasteiger partial charge in [-0.05, 0) is 20.3 Å². The molecule has 0 saturated carbocycles. The molecular formula is C9H20N4O3. The van der Waals surface area contributed by atoms with Crippen LogP contribution in [0.15, 0.2) is 0 Å². The van der Waals surface area contributed by atoms with E-state index in [1.165, 1.54) is 5.12 Å². The van der Waals surface area contributed by atoms with Gasteiger partial charge in [0.25, 0.3) is 5.91 Å². The average Bonchev–Trinajstić information content (AvgIpc) is 2.15. The predicted octanol–water partition coefficient (Wildman–Crippen LogP) is -0.262. The number of nitrogens with one attached hydrogen (secondary N) is 2. The summed E-state index contributed by atoms with van der Waals surface area (Å²) in [6.07, 6.45) is -0.201. The van der Waals surface area contributed by atoms with E-state index in [4.69, 9.17) is 10.5 Å². The topological polar surface area (TPSA) is 96.7 Å². The van der Waals surface area contributed by atoms with Crippen LogP contribution in [0.25, 0.3) is 0 Å². The van der Waals surface area contributed by atoms with Crippen molar-refractivity contribution in [2.45, 2.75) is 32.3 Å². The first-order valence-electron chi connectivity index (χ1n) is 4.98. The minimum Gasteiger partial charge on any atom is -0.444 e. The maximum atomic E-state index is 11.6. The van der Waals surface area contributed by atoms with Crippen molar-refractivity contribution in [3.05, 3.63) is 0 Å². The molecule has 0 heterocycles. The minimum atomic E-state index is -0.837. The van der Waals surface area contributed by atoms with Gasteiger partial charge in [-0.25, -0.2) is 20.8 Å². The van der Waals surface area contributed by atoms with Crippen LogP contribution in [0.3, 0.4) is 0 Å². The highest BCUT2D eigenvalue weighted by Crippen LogP contribution is 2.16. The molecule has 7 heteroatoms. The van der Waals surface area contributed by atoms with Crippen molar-refractivity contribution in [1.82, 2.24) is 16.0 Å². The van der Waals surface area contributed by atoms with Crippen molar-refractivity contribution in [3.63, 3.8) is 0 Å². The zero-order chi connectivity index (χ0) is 12.8. The summed E-state index contributed by atoms with van der Waals surface area (Å²) < 4.78 is 4.86. The SMILES string of the molecule is CNN(NC)C(=O)CCC(C)(C)OC(N)=O. The molecule has 7 nitrogen and oxygen atoms in total. The Hall–Kier alpha value is -1.34. The number of amides is 2. The minimum absolute atomic E-state index is 0.147. The molecule has 0 bridgehead atoms. The van der Waals surface area contributed by atoms with Crippen LogP contribution in [0, 0.1) is 0 Å². The summed E-state index contributed by atoms with van der Waals surface area (Å²) in [5.74, 6) is -0.147. The molecule has 0 aromatic carbocycles. The molecule has 0 spiro atoms. The fourth-order valence-corrected chi connectivity index (χ4v) is 1.20. The van der Waals surface area contributed by atoms with E-state index >= 15 is 0 Å². The Morgan fingerprint density at radius 1 is 1.31 bits per heavy atom. The molecule has 16 heavy (non-hydrogen) atoms. The first-order chi connectivity index (χ1) is 7.32. The molecule has 0 aliphatic carbocycles. The molecule has 0 aromatic heterocycles. The Bertz CT molecular complexity index is 251. The summed E-state index contributed by atoms with van der Waals surface area (Å²) >= 11 is 0. The van der Waals surface area contributed by atoms with Crippen molar-refractivity contribution in [2.24, 2.45) is 5.73 Å². The average molecular weight is 232 g/mol. The number of carbonyl (C=O) groups excluding carboxylic acids is 2. The lowest BCUT2D eigenvalue weighted by molar-refractivity contribution is -0.138. The van der Waals surface area contributed by atoms with Gasteiger partial charge in [0.15, 0.2) is 0 Å². The summed E-state index contributed by atoms with van der Waals surface area (Å²) in [5.41, 5.74) is 9.51. The van der Waals surface area contributed by atoms with Crippen molar-refractivity contribution < 1.29 is 14.3 Å². The van der Waals surface area contributed by atoms with Crippen LogP contribution in [0.1, 0.15) is 26.7 Å². The monoisotopic (exact) mass is 232 g/mol. The molecule has 0 aliphatic rings. The number of nitrogens with two attached hydrogens (primary N) is 1. The van der Waals surface area contributed by atoms with Crippen molar-refractivity contribution in [3.8, 4) is 0 Å². The number of hydrogen-bond donors (Lipinski definition) is 3. The Balaban J connectivity index is 4.12. The molecule has 0 saturated heterocycles. The summed E-state index contributed by atoms with van der Waals surface area (Å²) in [6, 6.07) is 0.